The van der Waals surface area contributed by atoms with Gasteiger partial charge in [0.05, 0.1) is 0 Å². The summed E-state index contributed by atoms with van der Waals surface area (Å²) in [5, 5.41) is 2.69. The Hall–Kier alpha value is -1.73. The zero-order chi connectivity index (χ0) is 13.2. The number of fused-ring (bicyclic) bond motifs is 1. The highest BCUT2D eigenvalue weighted by molar-refractivity contribution is 7.98. The molecule has 0 heterocycles. The van der Waals surface area contributed by atoms with Crippen molar-refractivity contribution in [1.29, 1.82) is 0 Å². The molecule has 94 valence electrons. The van der Waals surface area contributed by atoms with Gasteiger partial charge in [-0.3, -0.25) is 0 Å². The molecule has 0 aromatic heterocycles. The summed E-state index contributed by atoms with van der Waals surface area (Å²) < 4.78 is 0. The lowest BCUT2D eigenvalue weighted by molar-refractivity contribution is 1.41. The second kappa shape index (κ2) is 5.10. The van der Waals surface area contributed by atoms with Crippen LogP contribution in [0.2, 0.25) is 0 Å². The third-order valence-electron chi connectivity index (χ3n) is 3.50. The average molecular weight is 264 g/mol. The van der Waals surface area contributed by atoms with Crippen LogP contribution >= 0.6 is 11.8 Å². The third kappa shape index (κ3) is 2.15. The van der Waals surface area contributed by atoms with E-state index in [1.165, 1.54) is 32.4 Å². The smallest absolute Gasteiger partial charge is 0.0157 e. The normalized spacial score (nSPS) is 10.8. The summed E-state index contributed by atoms with van der Waals surface area (Å²) in [6.45, 7) is 2.19. The Morgan fingerprint density at radius 2 is 1.42 bits per heavy atom. The second-order valence-electron chi connectivity index (χ2n) is 4.68. The van der Waals surface area contributed by atoms with Crippen molar-refractivity contribution >= 4 is 22.5 Å². The van der Waals surface area contributed by atoms with Crippen LogP contribution in [0.1, 0.15) is 5.56 Å². The molecule has 0 amide bonds. The predicted molar refractivity (Wildman–Crippen MR) is 85.9 cm³/mol. The Labute approximate surface area is 118 Å². The molecule has 0 aliphatic carbocycles. The maximum absolute atomic E-state index is 2.30. The van der Waals surface area contributed by atoms with Gasteiger partial charge in [-0.2, -0.15) is 0 Å². The van der Waals surface area contributed by atoms with Crippen molar-refractivity contribution in [3.05, 3.63) is 66.2 Å². The van der Waals surface area contributed by atoms with E-state index in [0.717, 1.165) is 0 Å². The van der Waals surface area contributed by atoms with E-state index in [2.05, 4.69) is 73.8 Å². The first-order chi connectivity index (χ1) is 9.31. The Bertz CT molecular complexity index is 714. The van der Waals surface area contributed by atoms with E-state index in [1.807, 2.05) is 11.8 Å². The van der Waals surface area contributed by atoms with Gasteiger partial charge in [-0.25, -0.2) is 0 Å². The first-order valence-corrected chi connectivity index (χ1v) is 7.65. The highest BCUT2D eigenvalue weighted by Crippen LogP contribution is 2.38. The molecule has 0 saturated carbocycles. The fourth-order valence-electron chi connectivity index (χ4n) is 2.59. The molecule has 3 aromatic rings. The lowest BCUT2D eigenvalue weighted by Gasteiger charge is -2.14. The standard InChI is InChI=1S/C18H16S/c1-13-12-17(19-2)18(14-8-4-3-5-9-14)16-11-7-6-10-15(13)16/h3-12H,1-2H3. The van der Waals surface area contributed by atoms with Gasteiger partial charge < -0.3 is 0 Å². The minimum absolute atomic E-state index is 1.29. The molecule has 0 bridgehead atoms. The summed E-state index contributed by atoms with van der Waals surface area (Å²) in [4.78, 5) is 1.35. The molecule has 0 aliphatic heterocycles. The zero-order valence-corrected chi connectivity index (χ0v) is 12.0. The fraction of sp³-hybridized carbons (Fsp3) is 0.111. The summed E-state index contributed by atoms with van der Waals surface area (Å²) in [7, 11) is 0. The van der Waals surface area contributed by atoms with Gasteiger partial charge in [0, 0.05) is 10.5 Å². The SMILES string of the molecule is CSc1cc(C)c2ccccc2c1-c1ccccc1. The van der Waals surface area contributed by atoms with Gasteiger partial charge >= 0.3 is 0 Å². The first-order valence-electron chi connectivity index (χ1n) is 6.43. The number of hydrogen-bond donors (Lipinski definition) is 0. The average Bonchev–Trinajstić information content (AvgIpc) is 2.48. The van der Waals surface area contributed by atoms with Crippen LogP contribution in [-0.2, 0) is 0 Å². The summed E-state index contributed by atoms with van der Waals surface area (Å²) in [6, 6.07) is 21.6. The molecule has 3 aromatic carbocycles. The molecule has 0 unspecified atom stereocenters. The van der Waals surface area contributed by atoms with Gasteiger partial charge in [-0.05, 0) is 41.1 Å². The maximum Gasteiger partial charge on any atom is 0.0157 e. The Kier molecular flexibility index (Phi) is 3.31. The lowest BCUT2D eigenvalue weighted by atomic mass is 9.95. The van der Waals surface area contributed by atoms with E-state index in [1.54, 1.807) is 0 Å². The Morgan fingerprint density at radius 3 is 2.11 bits per heavy atom. The molecule has 3 rings (SSSR count). The number of rotatable bonds is 2. The minimum atomic E-state index is 1.29. The molecular weight excluding hydrogens is 248 g/mol. The van der Waals surface area contributed by atoms with Crippen molar-refractivity contribution in [2.24, 2.45) is 0 Å². The topological polar surface area (TPSA) is 0 Å². The lowest BCUT2D eigenvalue weighted by Crippen LogP contribution is -1.88. The molecule has 0 atom stereocenters. The summed E-state index contributed by atoms with van der Waals surface area (Å²) in [5.41, 5.74) is 4.00. The van der Waals surface area contributed by atoms with E-state index >= 15 is 0 Å². The summed E-state index contributed by atoms with van der Waals surface area (Å²) >= 11 is 1.82. The molecular formula is C18H16S. The molecule has 0 spiro atoms. The van der Waals surface area contributed by atoms with Crippen molar-refractivity contribution < 1.29 is 0 Å². The van der Waals surface area contributed by atoms with Gasteiger partial charge in [-0.15, -0.1) is 11.8 Å². The van der Waals surface area contributed by atoms with Crippen LogP contribution in [-0.4, -0.2) is 6.26 Å². The maximum atomic E-state index is 2.30. The number of hydrogen-bond acceptors (Lipinski definition) is 1. The number of aryl methyl sites for hydroxylation is 1. The fourth-order valence-corrected chi connectivity index (χ4v) is 3.31. The molecule has 0 nitrogen and oxygen atoms in total. The molecule has 0 fully saturated rings. The van der Waals surface area contributed by atoms with Crippen molar-refractivity contribution in [2.75, 3.05) is 6.26 Å². The highest BCUT2D eigenvalue weighted by Gasteiger charge is 2.11. The Balaban J connectivity index is 2.42. The highest BCUT2D eigenvalue weighted by atomic mass is 32.2. The molecule has 1 heteroatoms. The van der Waals surface area contributed by atoms with E-state index < -0.39 is 0 Å². The monoisotopic (exact) mass is 264 g/mol. The van der Waals surface area contributed by atoms with Crippen molar-refractivity contribution in [1.82, 2.24) is 0 Å². The molecule has 0 radical (unpaired) electrons. The van der Waals surface area contributed by atoms with Crippen LogP contribution in [0.4, 0.5) is 0 Å². The van der Waals surface area contributed by atoms with Gasteiger partial charge in [-0.1, -0.05) is 54.6 Å². The molecule has 0 N–H and O–H groups in total. The van der Waals surface area contributed by atoms with Gasteiger partial charge in [0.15, 0.2) is 0 Å². The second-order valence-corrected chi connectivity index (χ2v) is 5.53. The van der Waals surface area contributed by atoms with Crippen LogP contribution in [0.5, 0.6) is 0 Å². The number of thioether (sulfide) groups is 1. The van der Waals surface area contributed by atoms with E-state index in [-0.39, 0.29) is 0 Å². The predicted octanol–water partition coefficient (Wildman–Crippen LogP) is 5.54. The first kappa shape index (κ1) is 12.3. The minimum Gasteiger partial charge on any atom is -0.129 e. The van der Waals surface area contributed by atoms with Crippen LogP contribution in [0.25, 0.3) is 21.9 Å². The molecule has 0 aliphatic rings. The van der Waals surface area contributed by atoms with Crippen LogP contribution < -0.4 is 0 Å². The van der Waals surface area contributed by atoms with E-state index in [0.29, 0.717) is 0 Å². The van der Waals surface area contributed by atoms with E-state index in [4.69, 9.17) is 0 Å². The van der Waals surface area contributed by atoms with E-state index in [9.17, 15) is 0 Å². The Morgan fingerprint density at radius 1 is 0.789 bits per heavy atom. The van der Waals surface area contributed by atoms with Crippen LogP contribution in [0, 0.1) is 6.92 Å². The summed E-state index contributed by atoms with van der Waals surface area (Å²) in [6.07, 6.45) is 2.15. The van der Waals surface area contributed by atoms with Gasteiger partial charge in [0.2, 0.25) is 0 Å². The molecule has 0 saturated heterocycles. The van der Waals surface area contributed by atoms with Crippen molar-refractivity contribution in [3.8, 4) is 11.1 Å². The van der Waals surface area contributed by atoms with Crippen molar-refractivity contribution in [2.45, 2.75) is 11.8 Å². The largest absolute Gasteiger partial charge is 0.129 e. The van der Waals surface area contributed by atoms with Gasteiger partial charge in [0.25, 0.3) is 0 Å². The zero-order valence-electron chi connectivity index (χ0n) is 11.2. The third-order valence-corrected chi connectivity index (χ3v) is 4.26. The van der Waals surface area contributed by atoms with Crippen LogP contribution in [0.3, 0.4) is 0 Å². The van der Waals surface area contributed by atoms with Gasteiger partial charge in [0.1, 0.15) is 0 Å². The molecule has 19 heavy (non-hydrogen) atoms. The van der Waals surface area contributed by atoms with Crippen molar-refractivity contribution in [3.63, 3.8) is 0 Å². The quantitative estimate of drug-likeness (QED) is 0.548. The van der Waals surface area contributed by atoms with Crippen LogP contribution in [0.15, 0.2) is 65.6 Å². The summed E-state index contributed by atoms with van der Waals surface area (Å²) in [5.74, 6) is 0. The number of benzene rings is 3.